The molecule has 30 heavy (non-hydrogen) atoms. The Morgan fingerprint density at radius 2 is 1.73 bits per heavy atom. The van der Waals surface area contributed by atoms with Crippen molar-refractivity contribution in [2.45, 2.75) is 12.8 Å². The molecule has 1 aromatic carbocycles. The van der Waals surface area contributed by atoms with Gasteiger partial charge in [-0.05, 0) is 37.1 Å². The zero-order valence-electron chi connectivity index (χ0n) is 16.8. The normalized spacial score (nSPS) is 20.0. The summed E-state index contributed by atoms with van der Waals surface area (Å²) in [5.41, 5.74) is 1.88. The first-order valence-corrected chi connectivity index (χ1v) is 10.9. The molecular formula is C22H25ClN6O. The number of nitrogens with zero attached hydrogens (tertiary/aromatic N) is 6. The number of amides is 1. The van der Waals surface area contributed by atoms with Gasteiger partial charge in [0.15, 0.2) is 5.65 Å². The zero-order valence-corrected chi connectivity index (χ0v) is 17.6. The third-order valence-electron chi connectivity index (χ3n) is 6.14. The Kier molecular flexibility index (Phi) is 5.21. The maximum absolute atomic E-state index is 13.2. The monoisotopic (exact) mass is 424 g/mol. The molecule has 1 amide bonds. The van der Waals surface area contributed by atoms with Crippen LogP contribution in [0.25, 0.3) is 5.65 Å². The van der Waals surface area contributed by atoms with E-state index in [-0.39, 0.29) is 11.8 Å². The van der Waals surface area contributed by atoms with Crippen LogP contribution in [0, 0.1) is 5.92 Å². The van der Waals surface area contributed by atoms with Gasteiger partial charge in [-0.1, -0.05) is 29.8 Å². The van der Waals surface area contributed by atoms with E-state index in [0.29, 0.717) is 17.2 Å². The lowest BCUT2D eigenvalue weighted by Crippen LogP contribution is -2.52. The number of benzene rings is 1. The van der Waals surface area contributed by atoms with Crippen molar-refractivity contribution < 1.29 is 4.79 Å². The predicted molar refractivity (Wildman–Crippen MR) is 118 cm³/mol. The van der Waals surface area contributed by atoms with E-state index in [4.69, 9.17) is 11.6 Å². The van der Waals surface area contributed by atoms with Crippen LogP contribution in [-0.2, 0) is 4.79 Å². The summed E-state index contributed by atoms with van der Waals surface area (Å²) in [6, 6.07) is 14.1. The summed E-state index contributed by atoms with van der Waals surface area (Å²) in [5.74, 6) is 1.02. The standard InChI is InChI=1S/C22H25ClN6O/c23-19-9-5-11-29-20(19)24-25-22(29)28-10-4-6-17(16-28)21(30)27-14-12-26(13-15-27)18-7-2-1-3-8-18/h1-3,5,7-9,11,17H,4,6,10,12-16H2/t17-/m0/s1. The summed E-state index contributed by atoms with van der Waals surface area (Å²) in [6.07, 6.45) is 3.81. The topological polar surface area (TPSA) is 57.0 Å². The largest absolute Gasteiger partial charge is 0.368 e. The van der Waals surface area contributed by atoms with Crippen LogP contribution in [0.2, 0.25) is 5.02 Å². The van der Waals surface area contributed by atoms with Gasteiger partial charge in [0, 0.05) is 51.2 Å². The second kappa shape index (κ2) is 8.14. The van der Waals surface area contributed by atoms with Crippen molar-refractivity contribution in [3.8, 4) is 0 Å². The van der Waals surface area contributed by atoms with Gasteiger partial charge >= 0.3 is 0 Å². The van der Waals surface area contributed by atoms with Crippen LogP contribution in [0.1, 0.15) is 12.8 Å². The highest BCUT2D eigenvalue weighted by Crippen LogP contribution is 2.26. The number of aromatic nitrogens is 3. The van der Waals surface area contributed by atoms with Crippen molar-refractivity contribution >= 4 is 34.8 Å². The number of piperidine rings is 1. The maximum atomic E-state index is 13.2. The lowest BCUT2D eigenvalue weighted by molar-refractivity contribution is -0.136. The Hall–Kier alpha value is -2.80. The maximum Gasteiger partial charge on any atom is 0.231 e. The molecule has 0 unspecified atom stereocenters. The van der Waals surface area contributed by atoms with Crippen LogP contribution in [-0.4, -0.2) is 64.7 Å². The van der Waals surface area contributed by atoms with Crippen LogP contribution in [0.5, 0.6) is 0 Å². The second-order valence-electron chi connectivity index (χ2n) is 7.98. The van der Waals surface area contributed by atoms with E-state index in [1.165, 1.54) is 5.69 Å². The van der Waals surface area contributed by atoms with Crippen molar-refractivity contribution in [3.05, 3.63) is 53.7 Å². The molecule has 4 heterocycles. The SMILES string of the molecule is O=C([C@H]1CCCN(c2nnc3c(Cl)cccn23)C1)N1CCN(c2ccccc2)CC1. The van der Waals surface area contributed by atoms with E-state index in [0.717, 1.165) is 51.5 Å². The minimum atomic E-state index is -0.00596. The number of anilines is 2. The molecular weight excluding hydrogens is 400 g/mol. The molecule has 5 rings (SSSR count). The molecule has 1 atom stereocenters. The summed E-state index contributed by atoms with van der Waals surface area (Å²) in [7, 11) is 0. The van der Waals surface area contributed by atoms with Crippen molar-refractivity contribution in [2.75, 3.05) is 49.1 Å². The van der Waals surface area contributed by atoms with E-state index < -0.39 is 0 Å². The van der Waals surface area contributed by atoms with Gasteiger partial charge in [0.2, 0.25) is 11.9 Å². The van der Waals surface area contributed by atoms with Gasteiger partial charge in [-0.15, -0.1) is 10.2 Å². The van der Waals surface area contributed by atoms with Crippen LogP contribution >= 0.6 is 11.6 Å². The predicted octanol–water partition coefficient (Wildman–Crippen LogP) is 2.95. The van der Waals surface area contributed by atoms with E-state index in [2.05, 4.69) is 44.3 Å². The Labute approximate surface area is 180 Å². The Balaban J connectivity index is 1.25. The highest BCUT2D eigenvalue weighted by atomic mass is 35.5. The van der Waals surface area contributed by atoms with E-state index in [1.54, 1.807) is 0 Å². The first-order valence-electron chi connectivity index (χ1n) is 10.5. The molecule has 0 N–H and O–H groups in total. The minimum absolute atomic E-state index is 0.00596. The number of piperazine rings is 1. The molecule has 2 saturated heterocycles. The average molecular weight is 425 g/mol. The molecule has 7 nitrogen and oxygen atoms in total. The van der Waals surface area contributed by atoms with Gasteiger partial charge in [-0.2, -0.15) is 0 Å². The zero-order chi connectivity index (χ0) is 20.5. The molecule has 0 spiro atoms. The summed E-state index contributed by atoms with van der Waals surface area (Å²) in [4.78, 5) is 19.8. The summed E-state index contributed by atoms with van der Waals surface area (Å²) < 4.78 is 1.91. The molecule has 156 valence electrons. The van der Waals surface area contributed by atoms with Crippen LogP contribution in [0.15, 0.2) is 48.7 Å². The first kappa shape index (κ1) is 19.2. The van der Waals surface area contributed by atoms with Crippen LogP contribution < -0.4 is 9.80 Å². The quantitative estimate of drug-likeness (QED) is 0.647. The molecule has 2 aliphatic heterocycles. The lowest BCUT2D eigenvalue weighted by Gasteiger charge is -2.39. The average Bonchev–Trinajstić information content (AvgIpc) is 3.25. The molecule has 2 aliphatic rings. The molecule has 2 aromatic heterocycles. The number of fused-ring (bicyclic) bond motifs is 1. The Morgan fingerprint density at radius 1 is 0.933 bits per heavy atom. The number of carbonyl (C=O) groups excluding carboxylic acids is 1. The smallest absolute Gasteiger partial charge is 0.231 e. The van der Waals surface area contributed by atoms with Gasteiger partial charge in [0.1, 0.15) is 0 Å². The van der Waals surface area contributed by atoms with Gasteiger partial charge < -0.3 is 14.7 Å². The molecule has 0 radical (unpaired) electrons. The fraction of sp³-hybridized carbons (Fsp3) is 0.409. The summed E-state index contributed by atoms with van der Waals surface area (Å²) >= 11 is 6.24. The Morgan fingerprint density at radius 3 is 2.53 bits per heavy atom. The number of halogens is 1. The number of carbonyl (C=O) groups is 1. The third kappa shape index (κ3) is 3.58. The highest BCUT2D eigenvalue weighted by Gasteiger charge is 2.32. The molecule has 3 aromatic rings. The van der Waals surface area contributed by atoms with Crippen molar-refractivity contribution in [2.24, 2.45) is 5.92 Å². The Bertz CT molecular complexity index is 1030. The first-order chi connectivity index (χ1) is 14.7. The number of rotatable bonds is 3. The van der Waals surface area contributed by atoms with E-state index in [1.807, 2.05) is 33.7 Å². The second-order valence-corrected chi connectivity index (χ2v) is 8.39. The molecule has 0 bridgehead atoms. The molecule has 8 heteroatoms. The summed E-state index contributed by atoms with van der Waals surface area (Å²) in [6.45, 7) is 4.84. The third-order valence-corrected chi connectivity index (χ3v) is 6.43. The summed E-state index contributed by atoms with van der Waals surface area (Å²) in [5, 5.41) is 9.16. The van der Waals surface area contributed by atoms with Crippen LogP contribution in [0.4, 0.5) is 11.6 Å². The van der Waals surface area contributed by atoms with Crippen molar-refractivity contribution in [1.29, 1.82) is 0 Å². The number of pyridine rings is 1. The fourth-order valence-electron chi connectivity index (χ4n) is 4.53. The van der Waals surface area contributed by atoms with E-state index in [9.17, 15) is 4.79 Å². The number of hydrogen-bond acceptors (Lipinski definition) is 5. The highest BCUT2D eigenvalue weighted by molar-refractivity contribution is 6.33. The number of hydrogen-bond donors (Lipinski definition) is 0. The fourth-order valence-corrected chi connectivity index (χ4v) is 4.73. The molecule has 0 saturated carbocycles. The minimum Gasteiger partial charge on any atom is -0.368 e. The molecule has 2 fully saturated rings. The van der Waals surface area contributed by atoms with E-state index >= 15 is 0 Å². The molecule has 0 aliphatic carbocycles. The van der Waals surface area contributed by atoms with Gasteiger partial charge in [0.05, 0.1) is 10.9 Å². The van der Waals surface area contributed by atoms with Gasteiger partial charge in [0.25, 0.3) is 0 Å². The van der Waals surface area contributed by atoms with Crippen molar-refractivity contribution in [1.82, 2.24) is 19.5 Å². The van der Waals surface area contributed by atoms with Crippen molar-refractivity contribution in [3.63, 3.8) is 0 Å². The lowest BCUT2D eigenvalue weighted by atomic mass is 9.96. The van der Waals surface area contributed by atoms with Crippen LogP contribution in [0.3, 0.4) is 0 Å². The van der Waals surface area contributed by atoms with Gasteiger partial charge in [-0.25, -0.2) is 0 Å². The number of para-hydroxylation sites is 1. The van der Waals surface area contributed by atoms with Gasteiger partial charge in [-0.3, -0.25) is 9.20 Å².